The predicted molar refractivity (Wildman–Crippen MR) is 197 cm³/mol. The van der Waals surface area contributed by atoms with Crippen LogP contribution in [-0.2, 0) is 0 Å². The number of thiophene rings is 1. The standard InChI is InChI=1S/C42H24N4S/c1-3-12-36-33(11-1)38-34(18-17-32-30-10-2-4-13-37(30)47-42(32)38)39(46-36)27-8-5-7-26(23-27)28-15-19-35(45-24-28)29-20-22-44-41-31(29)16-14-25-9-6-21-43-40(25)41/h1-24H. The van der Waals surface area contributed by atoms with E-state index >= 15 is 0 Å². The Labute approximate surface area is 273 Å². The number of rotatable bonds is 3. The Kier molecular flexibility index (Phi) is 5.71. The van der Waals surface area contributed by atoms with Gasteiger partial charge in [0, 0.05) is 82.4 Å². The van der Waals surface area contributed by atoms with Gasteiger partial charge in [-0.3, -0.25) is 15.0 Å². The summed E-state index contributed by atoms with van der Waals surface area (Å²) in [6.45, 7) is 0. The van der Waals surface area contributed by atoms with Crippen LogP contribution in [-0.4, -0.2) is 19.9 Å². The van der Waals surface area contributed by atoms with E-state index in [-0.39, 0.29) is 0 Å². The zero-order chi connectivity index (χ0) is 30.9. The predicted octanol–water partition coefficient (Wildman–Crippen LogP) is 11.2. The Balaban J connectivity index is 1.10. The van der Waals surface area contributed by atoms with Crippen LogP contribution >= 0.6 is 11.3 Å². The average Bonchev–Trinajstić information content (AvgIpc) is 3.53. The van der Waals surface area contributed by atoms with Gasteiger partial charge < -0.3 is 0 Å². The zero-order valence-electron chi connectivity index (χ0n) is 25.1. The molecule has 5 heterocycles. The first-order valence-electron chi connectivity index (χ1n) is 15.6. The molecule has 0 spiro atoms. The molecule has 0 fully saturated rings. The van der Waals surface area contributed by atoms with E-state index in [0.29, 0.717) is 0 Å². The lowest BCUT2D eigenvalue weighted by Crippen LogP contribution is -1.92. The van der Waals surface area contributed by atoms with Crippen molar-refractivity contribution >= 4 is 75.0 Å². The van der Waals surface area contributed by atoms with Crippen molar-refractivity contribution < 1.29 is 0 Å². The molecule has 0 saturated heterocycles. The van der Waals surface area contributed by atoms with Crippen molar-refractivity contribution in [3.05, 3.63) is 146 Å². The maximum absolute atomic E-state index is 5.25. The minimum Gasteiger partial charge on any atom is -0.256 e. The Bertz CT molecular complexity index is 2850. The Morgan fingerprint density at radius 2 is 1.32 bits per heavy atom. The van der Waals surface area contributed by atoms with Crippen LogP contribution in [0.1, 0.15) is 0 Å². The minimum absolute atomic E-state index is 0.891. The van der Waals surface area contributed by atoms with E-state index in [4.69, 9.17) is 9.97 Å². The van der Waals surface area contributed by atoms with E-state index in [0.717, 1.165) is 61.0 Å². The molecule has 0 bridgehead atoms. The van der Waals surface area contributed by atoms with E-state index in [1.165, 1.54) is 36.3 Å². The number of aromatic nitrogens is 4. The largest absolute Gasteiger partial charge is 0.256 e. The van der Waals surface area contributed by atoms with Crippen LogP contribution in [0.5, 0.6) is 0 Å². The number of pyridine rings is 4. The van der Waals surface area contributed by atoms with Gasteiger partial charge in [0.25, 0.3) is 0 Å². The molecule has 0 saturated carbocycles. The van der Waals surface area contributed by atoms with E-state index in [2.05, 4.69) is 125 Å². The molecule has 0 aliphatic rings. The third-order valence-electron chi connectivity index (χ3n) is 9.20. The van der Waals surface area contributed by atoms with Crippen molar-refractivity contribution in [2.24, 2.45) is 0 Å². The second kappa shape index (κ2) is 10.2. The number of hydrogen-bond acceptors (Lipinski definition) is 5. The molecule has 0 radical (unpaired) electrons. The molecule has 0 unspecified atom stereocenters. The van der Waals surface area contributed by atoms with Gasteiger partial charge in [0.15, 0.2) is 0 Å². The van der Waals surface area contributed by atoms with Gasteiger partial charge in [-0.1, -0.05) is 91.0 Å². The zero-order valence-corrected chi connectivity index (χ0v) is 25.9. The average molecular weight is 617 g/mol. The first-order valence-corrected chi connectivity index (χ1v) is 16.4. The Morgan fingerprint density at radius 3 is 2.26 bits per heavy atom. The molecular weight excluding hydrogens is 593 g/mol. The Morgan fingerprint density at radius 1 is 0.489 bits per heavy atom. The molecular formula is C42H24N4S. The third kappa shape index (κ3) is 4.07. The van der Waals surface area contributed by atoms with Gasteiger partial charge in [0.2, 0.25) is 0 Å². The first kappa shape index (κ1) is 26.2. The van der Waals surface area contributed by atoms with Gasteiger partial charge in [-0.25, -0.2) is 4.98 Å². The van der Waals surface area contributed by atoms with Crippen molar-refractivity contribution in [2.75, 3.05) is 0 Å². The van der Waals surface area contributed by atoms with Gasteiger partial charge >= 0.3 is 0 Å². The molecule has 4 nitrogen and oxygen atoms in total. The van der Waals surface area contributed by atoms with Crippen LogP contribution < -0.4 is 0 Å². The molecule has 0 aliphatic carbocycles. The molecule has 5 aromatic heterocycles. The van der Waals surface area contributed by atoms with Crippen LogP contribution in [0.4, 0.5) is 0 Å². The summed E-state index contributed by atoms with van der Waals surface area (Å²) < 4.78 is 2.62. The maximum atomic E-state index is 5.25. The first-order chi connectivity index (χ1) is 23.3. The van der Waals surface area contributed by atoms with Gasteiger partial charge in [-0.2, -0.15) is 0 Å². The molecule has 5 heteroatoms. The number of hydrogen-bond donors (Lipinski definition) is 0. The normalized spacial score (nSPS) is 11.8. The van der Waals surface area contributed by atoms with Crippen LogP contribution in [0.25, 0.3) is 97.3 Å². The van der Waals surface area contributed by atoms with Gasteiger partial charge in [0.1, 0.15) is 0 Å². The summed E-state index contributed by atoms with van der Waals surface area (Å²) in [6.07, 6.45) is 5.63. The summed E-state index contributed by atoms with van der Waals surface area (Å²) in [7, 11) is 0. The second-order valence-electron chi connectivity index (χ2n) is 11.8. The summed E-state index contributed by atoms with van der Waals surface area (Å²) in [5.41, 5.74) is 8.98. The summed E-state index contributed by atoms with van der Waals surface area (Å²) in [5, 5.41) is 8.35. The molecule has 0 atom stereocenters. The second-order valence-corrected chi connectivity index (χ2v) is 12.9. The summed E-state index contributed by atoms with van der Waals surface area (Å²) in [4.78, 5) is 19.5. The lowest BCUT2D eigenvalue weighted by molar-refractivity contribution is 1.32. The van der Waals surface area contributed by atoms with Gasteiger partial charge in [-0.05, 0) is 42.0 Å². The van der Waals surface area contributed by atoms with Crippen LogP contribution in [0.3, 0.4) is 0 Å². The molecule has 218 valence electrons. The van der Waals surface area contributed by atoms with Crippen LogP contribution in [0.2, 0.25) is 0 Å². The van der Waals surface area contributed by atoms with Crippen molar-refractivity contribution in [3.63, 3.8) is 0 Å². The maximum Gasteiger partial charge on any atom is 0.0971 e. The topological polar surface area (TPSA) is 51.6 Å². The van der Waals surface area contributed by atoms with Crippen LogP contribution in [0, 0.1) is 0 Å². The number of benzene rings is 5. The fourth-order valence-electron chi connectivity index (χ4n) is 6.98. The highest BCUT2D eigenvalue weighted by molar-refractivity contribution is 7.26. The monoisotopic (exact) mass is 616 g/mol. The fourth-order valence-corrected chi connectivity index (χ4v) is 8.25. The minimum atomic E-state index is 0.891. The highest BCUT2D eigenvalue weighted by Crippen LogP contribution is 2.43. The van der Waals surface area contributed by atoms with Crippen molar-refractivity contribution in [3.8, 4) is 33.6 Å². The summed E-state index contributed by atoms with van der Waals surface area (Å²) >= 11 is 1.87. The number of fused-ring (bicyclic) bond motifs is 10. The van der Waals surface area contributed by atoms with Gasteiger partial charge in [-0.15, -0.1) is 11.3 Å². The quantitative estimate of drug-likeness (QED) is 0.185. The number of nitrogens with zero attached hydrogens (tertiary/aromatic N) is 4. The molecule has 0 N–H and O–H groups in total. The molecule has 5 aromatic carbocycles. The summed E-state index contributed by atoms with van der Waals surface area (Å²) in [6, 6.07) is 44.9. The van der Waals surface area contributed by atoms with Crippen molar-refractivity contribution in [2.45, 2.75) is 0 Å². The molecule has 10 aromatic rings. The van der Waals surface area contributed by atoms with E-state index in [9.17, 15) is 0 Å². The smallest absolute Gasteiger partial charge is 0.0971 e. The van der Waals surface area contributed by atoms with E-state index in [1.807, 2.05) is 42.1 Å². The highest BCUT2D eigenvalue weighted by Gasteiger charge is 2.17. The van der Waals surface area contributed by atoms with Crippen molar-refractivity contribution in [1.29, 1.82) is 0 Å². The molecule has 47 heavy (non-hydrogen) atoms. The highest BCUT2D eigenvalue weighted by atomic mass is 32.1. The number of para-hydroxylation sites is 1. The molecule has 0 aliphatic heterocycles. The summed E-state index contributed by atoms with van der Waals surface area (Å²) in [5.74, 6) is 0. The molecule has 10 rings (SSSR count). The fraction of sp³-hybridized carbons (Fsp3) is 0. The van der Waals surface area contributed by atoms with Crippen molar-refractivity contribution in [1.82, 2.24) is 19.9 Å². The van der Waals surface area contributed by atoms with Crippen LogP contribution in [0.15, 0.2) is 146 Å². The van der Waals surface area contributed by atoms with E-state index in [1.54, 1.807) is 0 Å². The SMILES string of the molecule is c1cc(-c2ccc(-c3ccnc4c3ccc3cccnc34)nc2)cc(-c2nc3ccccc3c3c2ccc2c4ccccc4sc23)c1. The van der Waals surface area contributed by atoms with E-state index < -0.39 is 0 Å². The Hall–Kier alpha value is -6.04. The lowest BCUT2D eigenvalue weighted by atomic mass is 9.96. The third-order valence-corrected chi connectivity index (χ3v) is 10.4. The molecule has 0 amide bonds. The van der Waals surface area contributed by atoms with Gasteiger partial charge in [0.05, 0.1) is 27.9 Å². The lowest BCUT2D eigenvalue weighted by Gasteiger charge is -2.12.